The van der Waals surface area contributed by atoms with Crippen LogP contribution in [0.4, 0.5) is 0 Å². The SMILES string of the molecule is C/C=C(\CCCc1ccccc1)C(O)N=C1CCCCC1. The Bertz CT molecular complexity index is 468. The van der Waals surface area contributed by atoms with E-state index in [1.807, 2.05) is 19.1 Å². The minimum absolute atomic E-state index is 0.626. The first-order valence-electron chi connectivity index (χ1n) is 8.22. The molecule has 0 aliphatic heterocycles. The minimum Gasteiger partial charge on any atom is -0.368 e. The molecule has 1 atom stereocenters. The maximum atomic E-state index is 10.3. The third kappa shape index (κ3) is 5.47. The first kappa shape index (κ1) is 16.0. The summed E-state index contributed by atoms with van der Waals surface area (Å²) in [6.07, 6.45) is 10.3. The molecular weight excluding hydrogens is 258 g/mol. The largest absolute Gasteiger partial charge is 0.368 e. The molecule has 0 amide bonds. The second kappa shape index (κ2) is 8.78. The highest BCUT2D eigenvalue weighted by Crippen LogP contribution is 2.19. The maximum absolute atomic E-state index is 10.3. The van der Waals surface area contributed by atoms with E-state index in [1.54, 1.807) is 0 Å². The minimum atomic E-state index is -0.626. The summed E-state index contributed by atoms with van der Waals surface area (Å²) in [4.78, 5) is 4.54. The second-order valence-corrected chi connectivity index (χ2v) is 5.83. The molecule has 2 nitrogen and oxygen atoms in total. The first-order chi connectivity index (χ1) is 10.3. The Hall–Kier alpha value is -1.41. The highest BCUT2D eigenvalue weighted by Gasteiger charge is 2.12. The molecule has 1 aliphatic carbocycles. The number of allylic oxidation sites excluding steroid dienone is 1. The fraction of sp³-hybridized carbons (Fsp3) is 0.526. The molecule has 2 rings (SSSR count). The van der Waals surface area contributed by atoms with Crippen LogP contribution in [0.25, 0.3) is 0 Å². The molecule has 114 valence electrons. The lowest BCUT2D eigenvalue weighted by molar-refractivity contribution is 0.215. The molecule has 1 saturated carbocycles. The van der Waals surface area contributed by atoms with Crippen LogP contribution in [0.5, 0.6) is 0 Å². The Morgan fingerprint density at radius 1 is 1.19 bits per heavy atom. The lowest BCUT2D eigenvalue weighted by Crippen LogP contribution is -2.14. The average molecular weight is 285 g/mol. The molecule has 0 saturated heterocycles. The first-order valence-corrected chi connectivity index (χ1v) is 8.22. The fourth-order valence-electron chi connectivity index (χ4n) is 2.91. The van der Waals surface area contributed by atoms with Crippen LogP contribution in [-0.2, 0) is 6.42 Å². The van der Waals surface area contributed by atoms with Gasteiger partial charge in [0.05, 0.1) is 0 Å². The van der Waals surface area contributed by atoms with Gasteiger partial charge in [0.25, 0.3) is 0 Å². The van der Waals surface area contributed by atoms with Crippen LogP contribution >= 0.6 is 0 Å². The highest BCUT2D eigenvalue weighted by molar-refractivity contribution is 5.85. The van der Waals surface area contributed by atoms with Crippen LogP contribution in [0, 0.1) is 0 Å². The molecule has 1 unspecified atom stereocenters. The smallest absolute Gasteiger partial charge is 0.167 e. The van der Waals surface area contributed by atoms with Crippen molar-refractivity contribution in [3.05, 3.63) is 47.5 Å². The summed E-state index contributed by atoms with van der Waals surface area (Å²) in [6.45, 7) is 2.00. The number of aliphatic hydroxyl groups excluding tert-OH is 1. The van der Waals surface area contributed by atoms with Crippen LogP contribution in [0.2, 0.25) is 0 Å². The zero-order valence-electron chi connectivity index (χ0n) is 13.1. The van der Waals surface area contributed by atoms with Crippen molar-refractivity contribution in [3.8, 4) is 0 Å². The molecule has 0 spiro atoms. The number of hydrogen-bond acceptors (Lipinski definition) is 2. The number of aliphatic imine (C=N–C) groups is 1. The normalized spacial score (nSPS) is 17.6. The van der Waals surface area contributed by atoms with Gasteiger partial charge >= 0.3 is 0 Å². The Kier molecular flexibility index (Phi) is 6.68. The molecule has 1 aliphatic rings. The van der Waals surface area contributed by atoms with E-state index in [0.29, 0.717) is 0 Å². The van der Waals surface area contributed by atoms with Gasteiger partial charge in [-0.1, -0.05) is 42.8 Å². The lowest BCUT2D eigenvalue weighted by atomic mass is 9.98. The van der Waals surface area contributed by atoms with E-state index in [1.165, 1.54) is 30.5 Å². The van der Waals surface area contributed by atoms with Gasteiger partial charge < -0.3 is 5.11 Å². The lowest BCUT2D eigenvalue weighted by Gasteiger charge is -2.16. The molecule has 1 aromatic carbocycles. The summed E-state index contributed by atoms with van der Waals surface area (Å²) < 4.78 is 0. The van der Waals surface area contributed by atoms with E-state index in [2.05, 4.69) is 29.3 Å². The third-order valence-electron chi connectivity index (χ3n) is 4.21. The molecule has 0 aromatic heterocycles. The van der Waals surface area contributed by atoms with Crippen LogP contribution in [0.1, 0.15) is 57.4 Å². The van der Waals surface area contributed by atoms with Gasteiger partial charge in [0.2, 0.25) is 0 Å². The third-order valence-corrected chi connectivity index (χ3v) is 4.21. The van der Waals surface area contributed by atoms with Crippen molar-refractivity contribution < 1.29 is 5.11 Å². The predicted molar refractivity (Wildman–Crippen MR) is 89.7 cm³/mol. The highest BCUT2D eigenvalue weighted by atomic mass is 16.3. The van der Waals surface area contributed by atoms with Crippen molar-refractivity contribution in [2.45, 2.75) is 64.5 Å². The topological polar surface area (TPSA) is 32.6 Å². The molecular formula is C19H27NO. The van der Waals surface area contributed by atoms with Crippen molar-refractivity contribution >= 4 is 5.71 Å². The van der Waals surface area contributed by atoms with Crippen LogP contribution in [-0.4, -0.2) is 17.0 Å². The summed E-state index contributed by atoms with van der Waals surface area (Å²) in [5.74, 6) is 0. The Morgan fingerprint density at radius 2 is 1.90 bits per heavy atom. The van der Waals surface area contributed by atoms with Gasteiger partial charge in [-0.25, -0.2) is 0 Å². The molecule has 1 fully saturated rings. The van der Waals surface area contributed by atoms with Gasteiger partial charge in [-0.2, -0.15) is 0 Å². The van der Waals surface area contributed by atoms with Gasteiger partial charge in [-0.3, -0.25) is 4.99 Å². The number of aliphatic hydroxyl groups is 1. The Labute approximate surface area is 128 Å². The van der Waals surface area contributed by atoms with Gasteiger partial charge in [0.15, 0.2) is 6.23 Å². The van der Waals surface area contributed by atoms with E-state index in [0.717, 1.165) is 37.7 Å². The predicted octanol–water partition coefficient (Wildman–Crippen LogP) is 4.68. The van der Waals surface area contributed by atoms with Gasteiger partial charge in [-0.15, -0.1) is 0 Å². The summed E-state index contributed by atoms with van der Waals surface area (Å²) in [5, 5.41) is 10.3. The number of hydrogen-bond donors (Lipinski definition) is 1. The van der Waals surface area contributed by atoms with Gasteiger partial charge in [0, 0.05) is 5.71 Å². The summed E-state index contributed by atoms with van der Waals surface area (Å²) in [5.41, 5.74) is 3.63. The van der Waals surface area contributed by atoms with Crippen molar-refractivity contribution in [1.29, 1.82) is 0 Å². The van der Waals surface area contributed by atoms with E-state index in [4.69, 9.17) is 0 Å². The van der Waals surface area contributed by atoms with Crippen molar-refractivity contribution in [2.75, 3.05) is 0 Å². The van der Waals surface area contributed by atoms with Crippen LogP contribution in [0.15, 0.2) is 47.0 Å². The number of benzene rings is 1. The second-order valence-electron chi connectivity index (χ2n) is 5.83. The molecule has 1 N–H and O–H groups in total. The molecule has 21 heavy (non-hydrogen) atoms. The van der Waals surface area contributed by atoms with Crippen molar-refractivity contribution in [3.63, 3.8) is 0 Å². The fourth-order valence-corrected chi connectivity index (χ4v) is 2.91. The van der Waals surface area contributed by atoms with E-state index in [-0.39, 0.29) is 0 Å². The zero-order valence-corrected chi connectivity index (χ0v) is 13.1. The quantitative estimate of drug-likeness (QED) is 0.756. The number of aryl methyl sites for hydroxylation is 1. The number of rotatable bonds is 6. The summed E-state index contributed by atoms with van der Waals surface area (Å²) in [6, 6.07) is 10.5. The maximum Gasteiger partial charge on any atom is 0.167 e. The van der Waals surface area contributed by atoms with Gasteiger partial charge in [-0.05, 0) is 63.0 Å². The molecule has 0 radical (unpaired) electrons. The monoisotopic (exact) mass is 285 g/mol. The molecule has 2 heteroatoms. The summed E-state index contributed by atoms with van der Waals surface area (Å²) >= 11 is 0. The molecule has 0 bridgehead atoms. The van der Waals surface area contributed by atoms with Crippen LogP contribution < -0.4 is 0 Å². The molecule has 1 aromatic rings. The zero-order chi connectivity index (χ0) is 14.9. The molecule has 0 heterocycles. The van der Waals surface area contributed by atoms with E-state index < -0.39 is 6.23 Å². The Morgan fingerprint density at radius 3 is 2.57 bits per heavy atom. The van der Waals surface area contributed by atoms with E-state index >= 15 is 0 Å². The van der Waals surface area contributed by atoms with Crippen LogP contribution in [0.3, 0.4) is 0 Å². The van der Waals surface area contributed by atoms with Gasteiger partial charge in [0.1, 0.15) is 0 Å². The Balaban J connectivity index is 1.82. The van der Waals surface area contributed by atoms with Crippen molar-refractivity contribution in [1.82, 2.24) is 0 Å². The standard InChI is InChI=1S/C19H27NO/c1-2-17(13-9-12-16-10-5-3-6-11-16)19(21)20-18-14-7-4-8-15-18/h2-3,5-6,10-11,19,21H,4,7-9,12-15H2,1H3/b17-2+. The van der Waals surface area contributed by atoms with E-state index in [9.17, 15) is 5.11 Å². The number of nitrogens with zero attached hydrogens (tertiary/aromatic N) is 1. The average Bonchev–Trinajstić information content (AvgIpc) is 2.53. The van der Waals surface area contributed by atoms with Crippen molar-refractivity contribution in [2.24, 2.45) is 4.99 Å². The summed E-state index contributed by atoms with van der Waals surface area (Å²) in [7, 11) is 0.